The van der Waals surface area contributed by atoms with Gasteiger partial charge < -0.3 is 10.6 Å². The van der Waals surface area contributed by atoms with Gasteiger partial charge in [0.2, 0.25) is 0 Å². The normalized spacial score (nSPS) is 13.7. The highest BCUT2D eigenvalue weighted by molar-refractivity contribution is 6.03. The van der Waals surface area contributed by atoms with E-state index in [0.29, 0.717) is 11.7 Å². The van der Waals surface area contributed by atoms with Crippen molar-refractivity contribution in [3.63, 3.8) is 0 Å². The SMILES string of the molecule is CCc1cccc(CC)c1NC(=O)c1ccc(NC2CC2)nn1. The maximum absolute atomic E-state index is 12.5. The molecule has 0 unspecified atom stereocenters. The van der Waals surface area contributed by atoms with Crippen molar-refractivity contribution in [2.75, 3.05) is 10.6 Å². The molecule has 1 fully saturated rings. The van der Waals surface area contributed by atoms with Crippen molar-refractivity contribution >= 4 is 17.4 Å². The van der Waals surface area contributed by atoms with Crippen molar-refractivity contribution < 1.29 is 4.79 Å². The van der Waals surface area contributed by atoms with Gasteiger partial charge in [-0.1, -0.05) is 32.0 Å². The zero-order valence-electron chi connectivity index (χ0n) is 13.6. The van der Waals surface area contributed by atoms with Crippen LogP contribution in [0.25, 0.3) is 0 Å². The molecule has 120 valence electrons. The molecule has 0 saturated heterocycles. The molecule has 5 heteroatoms. The molecule has 1 saturated carbocycles. The van der Waals surface area contributed by atoms with Crippen LogP contribution in [0.3, 0.4) is 0 Å². The summed E-state index contributed by atoms with van der Waals surface area (Å²) in [6.45, 7) is 4.17. The van der Waals surface area contributed by atoms with Crippen LogP contribution in [0.2, 0.25) is 0 Å². The molecule has 2 N–H and O–H groups in total. The van der Waals surface area contributed by atoms with Gasteiger partial charge in [-0.05, 0) is 48.9 Å². The summed E-state index contributed by atoms with van der Waals surface area (Å²) in [5.41, 5.74) is 3.51. The molecule has 0 atom stereocenters. The molecule has 2 aromatic rings. The average Bonchev–Trinajstić information content (AvgIpc) is 3.39. The van der Waals surface area contributed by atoms with Crippen LogP contribution < -0.4 is 10.6 Å². The number of amides is 1. The van der Waals surface area contributed by atoms with Gasteiger partial charge in [0.15, 0.2) is 5.69 Å². The molecule has 5 nitrogen and oxygen atoms in total. The minimum atomic E-state index is -0.217. The van der Waals surface area contributed by atoms with Crippen molar-refractivity contribution in [3.05, 3.63) is 47.2 Å². The largest absolute Gasteiger partial charge is 0.366 e. The molecule has 0 spiro atoms. The smallest absolute Gasteiger partial charge is 0.276 e. The summed E-state index contributed by atoms with van der Waals surface area (Å²) in [7, 11) is 0. The molecule has 23 heavy (non-hydrogen) atoms. The Kier molecular flexibility index (Phi) is 4.55. The summed E-state index contributed by atoms with van der Waals surface area (Å²) in [6.07, 6.45) is 4.10. The Labute approximate surface area is 136 Å². The molecule has 0 aliphatic heterocycles. The van der Waals surface area contributed by atoms with Crippen molar-refractivity contribution in [1.29, 1.82) is 0 Å². The number of carbonyl (C=O) groups excluding carboxylic acids is 1. The van der Waals surface area contributed by atoms with Gasteiger partial charge in [-0.2, -0.15) is 0 Å². The summed E-state index contributed by atoms with van der Waals surface area (Å²) in [5, 5.41) is 14.4. The first-order valence-electron chi connectivity index (χ1n) is 8.23. The maximum atomic E-state index is 12.5. The van der Waals surface area contributed by atoms with Crippen LogP contribution in [-0.4, -0.2) is 22.1 Å². The van der Waals surface area contributed by atoms with E-state index in [2.05, 4.69) is 34.7 Å². The van der Waals surface area contributed by atoms with Crippen molar-refractivity contribution in [3.8, 4) is 0 Å². The Bertz CT molecular complexity index is 670. The second-order valence-electron chi connectivity index (χ2n) is 5.83. The molecule has 3 rings (SSSR count). The van der Waals surface area contributed by atoms with E-state index in [-0.39, 0.29) is 5.91 Å². The third-order valence-electron chi connectivity index (χ3n) is 4.06. The summed E-state index contributed by atoms with van der Waals surface area (Å²) < 4.78 is 0. The number of nitrogens with one attached hydrogen (secondary N) is 2. The summed E-state index contributed by atoms with van der Waals surface area (Å²) in [5.74, 6) is 0.512. The van der Waals surface area contributed by atoms with Crippen molar-refractivity contribution in [2.24, 2.45) is 0 Å². The van der Waals surface area contributed by atoms with Gasteiger partial charge in [0.1, 0.15) is 5.82 Å². The number of nitrogens with zero attached hydrogens (tertiary/aromatic N) is 2. The average molecular weight is 310 g/mol. The first kappa shape index (κ1) is 15.5. The number of para-hydroxylation sites is 1. The van der Waals surface area contributed by atoms with E-state index >= 15 is 0 Å². The molecule has 1 aliphatic rings. The van der Waals surface area contributed by atoms with E-state index in [0.717, 1.165) is 35.5 Å². The number of carbonyl (C=O) groups is 1. The summed E-state index contributed by atoms with van der Waals surface area (Å²) in [6, 6.07) is 10.2. The van der Waals surface area contributed by atoms with Gasteiger partial charge in [0.25, 0.3) is 5.91 Å². The molecular formula is C18H22N4O. The first-order chi connectivity index (χ1) is 11.2. The first-order valence-corrected chi connectivity index (χ1v) is 8.23. The Hall–Kier alpha value is -2.43. The number of rotatable bonds is 6. The fourth-order valence-electron chi connectivity index (χ4n) is 2.55. The van der Waals surface area contributed by atoms with Crippen LogP contribution in [0.4, 0.5) is 11.5 Å². The second-order valence-corrected chi connectivity index (χ2v) is 5.83. The summed E-state index contributed by atoms with van der Waals surface area (Å²) in [4.78, 5) is 12.5. The Morgan fingerprint density at radius 2 is 1.78 bits per heavy atom. The lowest BCUT2D eigenvalue weighted by molar-refractivity contribution is 0.102. The predicted octanol–water partition coefficient (Wildman–Crippen LogP) is 3.43. The number of benzene rings is 1. The quantitative estimate of drug-likeness (QED) is 0.858. The van der Waals surface area contributed by atoms with Crippen LogP contribution >= 0.6 is 0 Å². The molecule has 1 aromatic carbocycles. The van der Waals surface area contributed by atoms with Crippen LogP contribution in [0.1, 0.15) is 48.3 Å². The fraction of sp³-hybridized carbons (Fsp3) is 0.389. The van der Waals surface area contributed by atoms with Crippen molar-refractivity contribution in [2.45, 2.75) is 45.6 Å². The third kappa shape index (κ3) is 3.67. The molecule has 0 radical (unpaired) electrons. The molecule has 0 bridgehead atoms. The number of hydrogen-bond donors (Lipinski definition) is 2. The third-order valence-corrected chi connectivity index (χ3v) is 4.06. The van der Waals surface area contributed by atoms with E-state index in [1.54, 1.807) is 6.07 Å². The minimum absolute atomic E-state index is 0.217. The zero-order valence-corrected chi connectivity index (χ0v) is 13.6. The molecule has 1 aromatic heterocycles. The molecule has 1 aliphatic carbocycles. The maximum Gasteiger partial charge on any atom is 0.276 e. The zero-order chi connectivity index (χ0) is 16.2. The van der Waals surface area contributed by atoms with Gasteiger partial charge in [0.05, 0.1) is 0 Å². The second kappa shape index (κ2) is 6.77. The highest BCUT2D eigenvalue weighted by Crippen LogP contribution is 2.24. The van der Waals surface area contributed by atoms with Crippen LogP contribution in [0, 0.1) is 0 Å². The van der Waals surface area contributed by atoms with E-state index in [1.807, 2.05) is 24.3 Å². The van der Waals surface area contributed by atoms with Gasteiger partial charge in [0, 0.05) is 11.7 Å². The molecular weight excluding hydrogens is 288 g/mol. The van der Waals surface area contributed by atoms with Gasteiger partial charge >= 0.3 is 0 Å². The van der Waals surface area contributed by atoms with Gasteiger partial charge in [-0.25, -0.2) is 0 Å². The van der Waals surface area contributed by atoms with Crippen molar-refractivity contribution in [1.82, 2.24) is 10.2 Å². The van der Waals surface area contributed by atoms with E-state index in [1.165, 1.54) is 12.8 Å². The fourth-order valence-corrected chi connectivity index (χ4v) is 2.55. The van der Waals surface area contributed by atoms with Crippen LogP contribution in [0.15, 0.2) is 30.3 Å². The number of aromatic nitrogens is 2. The number of hydrogen-bond acceptors (Lipinski definition) is 4. The highest BCUT2D eigenvalue weighted by atomic mass is 16.1. The van der Waals surface area contributed by atoms with E-state index in [4.69, 9.17) is 0 Å². The van der Waals surface area contributed by atoms with Crippen LogP contribution in [-0.2, 0) is 12.8 Å². The highest BCUT2D eigenvalue weighted by Gasteiger charge is 2.21. The lowest BCUT2D eigenvalue weighted by Crippen LogP contribution is -2.17. The number of anilines is 2. The topological polar surface area (TPSA) is 66.9 Å². The predicted molar refractivity (Wildman–Crippen MR) is 91.8 cm³/mol. The Morgan fingerprint density at radius 3 is 2.30 bits per heavy atom. The van der Waals surface area contributed by atoms with E-state index < -0.39 is 0 Å². The Balaban J connectivity index is 1.76. The lowest BCUT2D eigenvalue weighted by atomic mass is 10.0. The molecule has 1 amide bonds. The Morgan fingerprint density at radius 1 is 1.09 bits per heavy atom. The van der Waals surface area contributed by atoms with E-state index in [9.17, 15) is 4.79 Å². The van der Waals surface area contributed by atoms with Crippen LogP contribution in [0.5, 0.6) is 0 Å². The minimum Gasteiger partial charge on any atom is -0.366 e. The molecule has 1 heterocycles. The monoisotopic (exact) mass is 310 g/mol. The number of aryl methyl sites for hydroxylation is 2. The van der Waals surface area contributed by atoms with Gasteiger partial charge in [-0.3, -0.25) is 4.79 Å². The van der Waals surface area contributed by atoms with Gasteiger partial charge in [-0.15, -0.1) is 10.2 Å². The lowest BCUT2D eigenvalue weighted by Gasteiger charge is -2.14. The summed E-state index contributed by atoms with van der Waals surface area (Å²) >= 11 is 0. The standard InChI is InChI=1S/C18H22N4O/c1-3-12-6-5-7-13(4-2)17(12)20-18(23)15-10-11-16(22-21-15)19-14-8-9-14/h5-7,10-11,14H,3-4,8-9H2,1-2H3,(H,19,22)(H,20,23).